The number of aryl methyl sites for hydroxylation is 1. The smallest absolute Gasteiger partial charge is 0.350 e. The van der Waals surface area contributed by atoms with Gasteiger partial charge in [-0.15, -0.1) is 11.3 Å². The van der Waals surface area contributed by atoms with Gasteiger partial charge in [0.25, 0.3) is 0 Å². The number of nitrogen functional groups attached to an aromatic ring is 1. The number of benzene rings is 2. The van der Waals surface area contributed by atoms with Crippen LogP contribution in [0.25, 0.3) is 10.2 Å². The standard InChI is InChI=1S/C30H30N4O3S/c31-26-24-18-21-17-20(19-7-3-1-4-8-19)11-12-25(21)33-28(24)38-27(26)29(35)37-23-13-15-34(16-14-23)30(36)32-22-9-5-2-6-10-22/h1-10,18,20,23H,11-17,31H2,(H,32,36)/t20-/m0/s1. The molecule has 1 aliphatic carbocycles. The number of carbonyl (C=O) groups excluding carboxylic acids is 2. The molecule has 1 saturated heterocycles. The van der Waals surface area contributed by atoms with Crippen molar-refractivity contribution in [2.75, 3.05) is 24.1 Å². The lowest BCUT2D eigenvalue weighted by atomic mass is 9.82. The molecule has 2 aromatic carbocycles. The molecule has 1 atom stereocenters. The van der Waals surface area contributed by atoms with Gasteiger partial charge in [0, 0.05) is 42.7 Å². The summed E-state index contributed by atoms with van der Waals surface area (Å²) in [5, 5.41) is 3.74. The Hall–Kier alpha value is -3.91. The van der Waals surface area contributed by atoms with Crippen LogP contribution in [0.1, 0.15) is 51.7 Å². The summed E-state index contributed by atoms with van der Waals surface area (Å²) in [5.41, 5.74) is 11.3. The molecule has 6 rings (SSSR count). The number of nitrogens with two attached hydrogens (primary N) is 1. The first kappa shape index (κ1) is 24.4. The molecular weight excluding hydrogens is 496 g/mol. The van der Waals surface area contributed by atoms with Gasteiger partial charge in [0.05, 0.1) is 5.69 Å². The van der Waals surface area contributed by atoms with Crippen molar-refractivity contribution in [1.29, 1.82) is 0 Å². The van der Waals surface area contributed by atoms with Crippen molar-refractivity contribution in [3.8, 4) is 0 Å². The molecule has 0 spiro atoms. The minimum absolute atomic E-state index is 0.140. The highest BCUT2D eigenvalue weighted by Crippen LogP contribution is 2.39. The van der Waals surface area contributed by atoms with Crippen LogP contribution in [0.4, 0.5) is 16.2 Å². The van der Waals surface area contributed by atoms with Crippen LogP contribution in [0.5, 0.6) is 0 Å². The summed E-state index contributed by atoms with van der Waals surface area (Å²) in [4.78, 5) is 33.5. The maximum Gasteiger partial charge on any atom is 0.350 e. The Bertz CT molecular complexity index is 1460. The van der Waals surface area contributed by atoms with E-state index in [9.17, 15) is 9.59 Å². The number of esters is 1. The van der Waals surface area contributed by atoms with Crippen molar-refractivity contribution in [2.24, 2.45) is 0 Å². The van der Waals surface area contributed by atoms with Gasteiger partial charge in [-0.1, -0.05) is 48.5 Å². The largest absolute Gasteiger partial charge is 0.458 e. The SMILES string of the molecule is Nc1c(C(=O)OC2CCN(C(=O)Nc3ccccc3)CC2)sc2nc3c(cc12)C[C@@H](c1ccccc1)CC3. The number of para-hydroxylation sites is 1. The second-order valence-electron chi connectivity index (χ2n) is 10.0. The number of ether oxygens (including phenoxy) is 1. The summed E-state index contributed by atoms with van der Waals surface area (Å²) in [7, 11) is 0. The number of hydrogen-bond acceptors (Lipinski definition) is 6. The van der Waals surface area contributed by atoms with E-state index in [1.807, 2.05) is 36.4 Å². The molecular formula is C30H30N4O3S. The Morgan fingerprint density at radius 2 is 1.71 bits per heavy atom. The molecule has 38 heavy (non-hydrogen) atoms. The number of carbonyl (C=O) groups is 2. The van der Waals surface area contributed by atoms with Crippen LogP contribution in [0.15, 0.2) is 66.7 Å². The number of anilines is 2. The van der Waals surface area contributed by atoms with Crippen LogP contribution in [-0.2, 0) is 17.6 Å². The van der Waals surface area contributed by atoms with E-state index < -0.39 is 5.97 Å². The third kappa shape index (κ3) is 4.96. The van der Waals surface area contributed by atoms with Gasteiger partial charge in [-0.25, -0.2) is 14.6 Å². The van der Waals surface area contributed by atoms with Crippen molar-refractivity contribution in [2.45, 2.75) is 44.1 Å². The molecule has 8 heteroatoms. The maximum absolute atomic E-state index is 13.1. The second kappa shape index (κ2) is 10.5. The number of nitrogens with one attached hydrogen (secondary N) is 1. The summed E-state index contributed by atoms with van der Waals surface area (Å²) in [6, 6.07) is 22.0. The Kier molecular flexibility index (Phi) is 6.72. The van der Waals surface area contributed by atoms with Crippen molar-refractivity contribution in [3.05, 3.63) is 88.4 Å². The Balaban J connectivity index is 1.10. The van der Waals surface area contributed by atoms with Gasteiger partial charge in [-0.05, 0) is 54.5 Å². The lowest BCUT2D eigenvalue weighted by Gasteiger charge is -2.31. The average molecular weight is 527 g/mol. The molecule has 2 amide bonds. The Labute approximate surface area is 225 Å². The molecule has 0 saturated carbocycles. The monoisotopic (exact) mass is 526 g/mol. The molecule has 2 aromatic heterocycles. The van der Waals surface area contributed by atoms with E-state index in [-0.39, 0.29) is 12.1 Å². The number of rotatable bonds is 4. The zero-order valence-electron chi connectivity index (χ0n) is 21.1. The van der Waals surface area contributed by atoms with Crippen molar-refractivity contribution in [1.82, 2.24) is 9.88 Å². The number of pyridine rings is 1. The molecule has 4 aromatic rings. The molecule has 0 unspecified atom stereocenters. The van der Waals surface area contributed by atoms with E-state index in [0.29, 0.717) is 42.4 Å². The number of piperidine rings is 1. The molecule has 1 fully saturated rings. The number of amides is 2. The summed E-state index contributed by atoms with van der Waals surface area (Å²) in [6.45, 7) is 1.05. The zero-order valence-corrected chi connectivity index (χ0v) is 21.9. The fourth-order valence-corrected chi connectivity index (χ4v) is 6.44. The van der Waals surface area contributed by atoms with Gasteiger partial charge in [0.1, 0.15) is 15.8 Å². The predicted octanol–water partition coefficient (Wildman–Crippen LogP) is 6.00. The summed E-state index contributed by atoms with van der Waals surface area (Å²) < 4.78 is 5.84. The van der Waals surface area contributed by atoms with Crippen LogP contribution >= 0.6 is 11.3 Å². The summed E-state index contributed by atoms with van der Waals surface area (Å²) in [5.74, 6) is 0.0608. The van der Waals surface area contributed by atoms with Crippen LogP contribution in [0.2, 0.25) is 0 Å². The maximum atomic E-state index is 13.1. The van der Waals surface area contributed by atoms with Gasteiger partial charge >= 0.3 is 12.0 Å². The van der Waals surface area contributed by atoms with Crippen LogP contribution in [0, 0.1) is 0 Å². The normalized spacial score (nSPS) is 17.7. The first-order valence-corrected chi connectivity index (χ1v) is 13.9. The molecule has 0 bridgehead atoms. The molecule has 3 heterocycles. The van der Waals surface area contributed by atoms with E-state index in [4.69, 9.17) is 15.5 Å². The van der Waals surface area contributed by atoms with Gasteiger partial charge in [-0.2, -0.15) is 0 Å². The molecule has 3 N–H and O–H groups in total. The average Bonchev–Trinajstić information content (AvgIpc) is 3.28. The van der Waals surface area contributed by atoms with Crippen molar-refractivity contribution >= 4 is 44.9 Å². The molecule has 0 radical (unpaired) electrons. The lowest BCUT2D eigenvalue weighted by Crippen LogP contribution is -2.43. The van der Waals surface area contributed by atoms with E-state index in [2.05, 4.69) is 35.6 Å². The topological polar surface area (TPSA) is 97.6 Å². The lowest BCUT2D eigenvalue weighted by molar-refractivity contribution is 0.0164. The van der Waals surface area contributed by atoms with E-state index in [1.165, 1.54) is 22.5 Å². The van der Waals surface area contributed by atoms with Crippen LogP contribution in [-0.4, -0.2) is 41.1 Å². The fraction of sp³-hybridized carbons (Fsp3) is 0.300. The van der Waals surface area contributed by atoms with Crippen LogP contribution < -0.4 is 11.1 Å². The third-order valence-corrected chi connectivity index (χ3v) is 8.67. The number of urea groups is 1. The Morgan fingerprint density at radius 1 is 1.00 bits per heavy atom. The first-order chi connectivity index (χ1) is 18.5. The second-order valence-corrected chi connectivity index (χ2v) is 11.0. The minimum Gasteiger partial charge on any atom is -0.458 e. The number of fused-ring (bicyclic) bond motifs is 2. The molecule has 1 aliphatic heterocycles. The number of nitrogens with zero attached hydrogens (tertiary/aromatic N) is 2. The third-order valence-electron chi connectivity index (χ3n) is 7.57. The summed E-state index contributed by atoms with van der Waals surface area (Å²) >= 11 is 1.31. The number of aromatic nitrogens is 1. The minimum atomic E-state index is -0.405. The highest BCUT2D eigenvalue weighted by Gasteiger charge is 2.29. The molecule has 194 valence electrons. The predicted molar refractivity (Wildman–Crippen MR) is 151 cm³/mol. The highest BCUT2D eigenvalue weighted by molar-refractivity contribution is 7.21. The van der Waals surface area contributed by atoms with Gasteiger partial charge < -0.3 is 20.7 Å². The number of likely N-dealkylation sites (tertiary alicyclic amines) is 1. The van der Waals surface area contributed by atoms with Gasteiger partial charge in [0.15, 0.2) is 0 Å². The Morgan fingerprint density at radius 3 is 2.45 bits per heavy atom. The molecule has 2 aliphatic rings. The van der Waals surface area contributed by atoms with Gasteiger partial charge in [-0.3, -0.25) is 0 Å². The van der Waals surface area contributed by atoms with E-state index in [0.717, 1.165) is 40.9 Å². The zero-order chi connectivity index (χ0) is 26.1. The fourth-order valence-electron chi connectivity index (χ4n) is 5.46. The quantitative estimate of drug-likeness (QED) is 0.318. The van der Waals surface area contributed by atoms with E-state index in [1.54, 1.807) is 4.90 Å². The van der Waals surface area contributed by atoms with Crippen molar-refractivity contribution < 1.29 is 14.3 Å². The first-order valence-electron chi connectivity index (χ1n) is 13.1. The summed E-state index contributed by atoms with van der Waals surface area (Å²) in [6.07, 6.45) is 3.83. The van der Waals surface area contributed by atoms with Gasteiger partial charge in [0.2, 0.25) is 0 Å². The van der Waals surface area contributed by atoms with Crippen LogP contribution in [0.3, 0.4) is 0 Å². The van der Waals surface area contributed by atoms with E-state index >= 15 is 0 Å². The highest BCUT2D eigenvalue weighted by atomic mass is 32.1. The number of hydrogen-bond donors (Lipinski definition) is 2. The number of thiophene rings is 1. The molecule has 7 nitrogen and oxygen atoms in total. The van der Waals surface area contributed by atoms with Crippen molar-refractivity contribution in [3.63, 3.8) is 0 Å².